The molecule has 0 saturated carbocycles. The standard InChI is InChI=1S/C25H21ClFN3O2S/c26-18-7-4-8-21(15-18)30-24(32)22(16-23(31)28-20-11-9-19(27)10-12-20)29(25(30)33)14-13-17-5-2-1-3-6-17/h1-12,15,22H,13-14,16H2,(H,28,31). The molecule has 0 aromatic heterocycles. The van der Waals surface area contributed by atoms with Crippen LogP contribution in [0.3, 0.4) is 0 Å². The topological polar surface area (TPSA) is 52.7 Å². The molecule has 5 nitrogen and oxygen atoms in total. The Morgan fingerprint density at radius 2 is 1.76 bits per heavy atom. The summed E-state index contributed by atoms with van der Waals surface area (Å²) in [5.74, 6) is -1.04. The molecule has 1 heterocycles. The first kappa shape index (κ1) is 22.9. The molecule has 0 radical (unpaired) electrons. The zero-order chi connectivity index (χ0) is 23.4. The van der Waals surface area contributed by atoms with Crippen molar-refractivity contribution < 1.29 is 14.0 Å². The summed E-state index contributed by atoms with van der Waals surface area (Å²) in [6, 6.07) is 21.5. The van der Waals surface area contributed by atoms with E-state index in [0.29, 0.717) is 34.5 Å². The summed E-state index contributed by atoms with van der Waals surface area (Å²) in [4.78, 5) is 29.4. The average molecular weight is 482 g/mol. The first-order valence-corrected chi connectivity index (χ1v) is 11.2. The van der Waals surface area contributed by atoms with Crippen LogP contribution in [0.25, 0.3) is 0 Å². The average Bonchev–Trinajstić information content (AvgIpc) is 3.03. The molecule has 168 valence electrons. The van der Waals surface area contributed by atoms with Gasteiger partial charge in [0.25, 0.3) is 5.91 Å². The number of carbonyl (C=O) groups excluding carboxylic acids is 2. The lowest BCUT2D eigenvalue weighted by Crippen LogP contribution is -2.39. The maximum atomic E-state index is 13.4. The molecule has 1 saturated heterocycles. The van der Waals surface area contributed by atoms with Crippen LogP contribution in [0.4, 0.5) is 15.8 Å². The van der Waals surface area contributed by atoms with Gasteiger partial charge in [-0.3, -0.25) is 14.5 Å². The van der Waals surface area contributed by atoms with Gasteiger partial charge in [-0.2, -0.15) is 0 Å². The summed E-state index contributed by atoms with van der Waals surface area (Å²) in [5, 5.41) is 3.54. The number of amides is 2. The summed E-state index contributed by atoms with van der Waals surface area (Å²) in [6.45, 7) is 0.472. The van der Waals surface area contributed by atoms with Crippen LogP contribution in [0.2, 0.25) is 5.02 Å². The van der Waals surface area contributed by atoms with Gasteiger partial charge < -0.3 is 10.2 Å². The van der Waals surface area contributed by atoms with E-state index in [1.807, 2.05) is 30.3 Å². The van der Waals surface area contributed by atoms with Gasteiger partial charge in [-0.15, -0.1) is 0 Å². The number of hydrogen-bond acceptors (Lipinski definition) is 3. The van der Waals surface area contributed by atoms with Crippen molar-refractivity contribution in [2.75, 3.05) is 16.8 Å². The lowest BCUT2D eigenvalue weighted by atomic mass is 10.1. The highest BCUT2D eigenvalue weighted by molar-refractivity contribution is 7.80. The van der Waals surface area contributed by atoms with Gasteiger partial charge in [-0.1, -0.05) is 48.0 Å². The third kappa shape index (κ3) is 5.38. The minimum absolute atomic E-state index is 0.0950. The summed E-state index contributed by atoms with van der Waals surface area (Å²) >= 11 is 11.8. The predicted molar refractivity (Wildman–Crippen MR) is 132 cm³/mol. The highest BCUT2D eigenvalue weighted by Crippen LogP contribution is 2.29. The van der Waals surface area contributed by atoms with Crippen molar-refractivity contribution in [3.63, 3.8) is 0 Å². The second kappa shape index (κ2) is 10.1. The fourth-order valence-corrected chi connectivity index (χ4v) is 4.35. The minimum Gasteiger partial charge on any atom is -0.336 e. The van der Waals surface area contributed by atoms with Gasteiger partial charge in [-0.05, 0) is 66.7 Å². The lowest BCUT2D eigenvalue weighted by molar-refractivity contribution is -0.124. The Labute approximate surface area is 201 Å². The number of nitrogens with one attached hydrogen (secondary N) is 1. The monoisotopic (exact) mass is 481 g/mol. The zero-order valence-electron chi connectivity index (χ0n) is 17.6. The predicted octanol–water partition coefficient (Wildman–Crippen LogP) is 5.05. The van der Waals surface area contributed by atoms with E-state index in [-0.39, 0.29) is 18.2 Å². The van der Waals surface area contributed by atoms with E-state index in [1.54, 1.807) is 29.2 Å². The smallest absolute Gasteiger partial charge is 0.256 e. The molecule has 0 aliphatic carbocycles. The lowest BCUT2D eigenvalue weighted by Gasteiger charge is -2.24. The van der Waals surface area contributed by atoms with Crippen molar-refractivity contribution in [2.24, 2.45) is 0 Å². The first-order chi connectivity index (χ1) is 15.9. The van der Waals surface area contributed by atoms with Crippen LogP contribution in [-0.2, 0) is 16.0 Å². The zero-order valence-corrected chi connectivity index (χ0v) is 19.2. The number of rotatable bonds is 7. The van der Waals surface area contributed by atoms with Crippen LogP contribution in [0, 0.1) is 5.82 Å². The minimum atomic E-state index is -0.763. The Morgan fingerprint density at radius 3 is 2.45 bits per heavy atom. The SMILES string of the molecule is O=C(CC1C(=O)N(c2cccc(Cl)c2)C(=S)N1CCc1ccccc1)Nc1ccc(F)cc1. The van der Waals surface area contributed by atoms with Gasteiger partial charge >= 0.3 is 0 Å². The molecule has 4 rings (SSSR count). The number of nitrogens with zero attached hydrogens (tertiary/aromatic N) is 2. The number of benzene rings is 3. The van der Waals surface area contributed by atoms with Crippen LogP contribution >= 0.6 is 23.8 Å². The fourth-order valence-electron chi connectivity index (χ4n) is 3.76. The molecule has 1 aliphatic heterocycles. The third-order valence-electron chi connectivity index (χ3n) is 5.38. The van der Waals surface area contributed by atoms with Gasteiger partial charge in [0.1, 0.15) is 11.9 Å². The molecule has 0 spiro atoms. The Bertz CT molecular complexity index is 1170. The molecule has 3 aromatic carbocycles. The normalized spacial score (nSPS) is 15.8. The van der Waals surface area contributed by atoms with E-state index in [4.69, 9.17) is 23.8 Å². The number of carbonyl (C=O) groups is 2. The van der Waals surface area contributed by atoms with Crippen LogP contribution in [0.15, 0.2) is 78.9 Å². The molecule has 2 amide bonds. The van der Waals surface area contributed by atoms with Crippen molar-refractivity contribution in [3.8, 4) is 0 Å². The molecule has 0 bridgehead atoms. The molecule has 8 heteroatoms. The van der Waals surface area contributed by atoms with E-state index < -0.39 is 11.9 Å². The second-order valence-electron chi connectivity index (χ2n) is 7.64. The quantitative estimate of drug-likeness (QED) is 0.480. The second-order valence-corrected chi connectivity index (χ2v) is 8.44. The molecule has 3 aromatic rings. The van der Waals surface area contributed by atoms with E-state index >= 15 is 0 Å². The van der Waals surface area contributed by atoms with Crippen molar-refractivity contribution in [3.05, 3.63) is 95.3 Å². The molecule has 1 unspecified atom stereocenters. The van der Waals surface area contributed by atoms with E-state index in [9.17, 15) is 14.0 Å². The number of halogens is 2. The highest BCUT2D eigenvalue weighted by atomic mass is 35.5. The maximum Gasteiger partial charge on any atom is 0.256 e. The Balaban J connectivity index is 1.56. The number of anilines is 2. The number of hydrogen-bond donors (Lipinski definition) is 1. The third-order valence-corrected chi connectivity index (χ3v) is 6.03. The van der Waals surface area contributed by atoms with Crippen LogP contribution in [0.1, 0.15) is 12.0 Å². The van der Waals surface area contributed by atoms with Crippen molar-refractivity contribution in [1.29, 1.82) is 0 Å². The van der Waals surface area contributed by atoms with Crippen LogP contribution in [-0.4, -0.2) is 34.4 Å². The fraction of sp³-hybridized carbons (Fsp3) is 0.160. The molecule has 33 heavy (non-hydrogen) atoms. The Hall–Kier alpha value is -3.29. The largest absolute Gasteiger partial charge is 0.336 e. The molecule has 1 atom stereocenters. The van der Waals surface area contributed by atoms with Crippen LogP contribution < -0.4 is 10.2 Å². The molecule has 1 aliphatic rings. The molecule has 1 fully saturated rings. The Kier molecular flexibility index (Phi) is 7.01. The summed E-state index contributed by atoms with van der Waals surface area (Å²) in [7, 11) is 0. The van der Waals surface area contributed by atoms with Gasteiger partial charge in [0.2, 0.25) is 5.91 Å². The van der Waals surface area contributed by atoms with Gasteiger partial charge in [0.15, 0.2) is 5.11 Å². The molecular weight excluding hydrogens is 461 g/mol. The van der Waals surface area contributed by atoms with Gasteiger partial charge in [-0.25, -0.2) is 4.39 Å². The van der Waals surface area contributed by atoms with Crippen molar-refractivity contribution in [1.82, 2.24) is 4.90 Å². The van der Waals surface area contributed by atoms with Crippen LogP contribution in [0.5, 0.6) is 0 Å². The summed E-state index contributed by atoms with van der Waals surface area (Å²) < 4.78 is 13.2. The maximum absolute atomic E-state index is 13.4. The number of thiocarbonyl (C=S) groups is 1. The molecular formula is C25H21ClFN3O2S. The van der Waals surface area contributed by atoms with E-state index in [2.05, 4.69) is 5.32 Å². The van der Waals surface area contributed by atoms with Gasteiger partial charge in [0, 0.05) is 17.3 Å². The summed E-state index contributed by atoms with van der Waals surface area (Å²) in [6.07, 6.45) is 0.565. The van der Waals surface area contributed by atoms with E-state index in [1.165, 1.54) is 29.2 Å². The van der Waals surface area contributed by atoms with Crippen molar-refractivity contribution >= 4 is 52.1 Å². The highest BCUT2D eigenvalue weighted by Gasteiger charge is 2.43. The summed E-state index contributed by atoms with van der Waals surface area (Å²) in [5.41, 5.74) is 2.11. The van der Waals surface area contributed by atoms with Gasteiger partial charge in [0.05, 0.1) is 12.1 Å². The van der Waals surface area contributed by atoms with Crippen molar-refractivity contribution in [2.45, 2.75) is 18.9 Å². The first-order valence-electron chi connectivity index (χ1n) is 10.4. The van der Waals surface area contributed by atoms with E-state index in [0.717, 1.165) is 5.56 Å². The Morgan fingerprint density at radius 1 is 1.03 bits per heavy atom. The molecule has 1 N–H and O–H groups in total.